The maximum Gasteiger partial charge on any atom is 0.280 e. The summed E-state index contributed by atoms with van der Waals surface area (Å²) in [6, 6.07) is 11.2. The number of carbonyl (C=O) groups is 1. The molecule has 162 valence electrons. The molecule has 2 aromatic carbocycles. The van der Waals surface area contributed by atoms with Crippen LogP contribution in [0.4, 0.5) is 4.39 Å². The third kappa shape index (κ3) is 4.52. The third-order valence-electron chi connectivity index (χ3n) is 5.06. The van der Waals surface area contributed by atoms with Gasteiger partial charge in [0, 0.05) is 19.0 Å². The van der Waals surface area contributed by atoms with Gasteiger partial charge in [-0.15, -0.1) is 10.2 Å². The average molecular weight is 465 g/mol. The summed E-state index contributed by atoms with van der Waals surface area (Å²) in [5.41, 5.74) is 1.18. The van der Waals surface area contributed by atoms with E-state index in [1.165, 1.54) is 25.2 Å². The highest BCUT2D eigenvalue weighted by Crippen LogP contribution is 2.30. The number of halogens is 2. The fourth-order valence-corrected chi connectivity index (χ4v) is 4.84. The molecule has 0 aliphatic carbocycles. The normalized spacial score (nSPS) is 21.1. The molecule has 3 aromatic rings. The van der Waals surface area contributed by atoms with E-state index in [9.17, 15) is 17.6 Å². The molecule has 0 amide bonds. The number of carbonyl (C=O) groups excluding carboxylic acids is 1. The Kier molecular flexibility index (Phi) is 5.89. The van der Waals surface area contributed by atoms with E-state index >= 15 is 0 Å². The summed E-state index contributed by atoms with van der Waals surface area (Å²) in [5, 5.41) is 7.85. The Bertz CT molecular complexity index is 1220. The summed E-state index contributed by atoms with van der Waals surface area (Å²) in [7, 11) is -2.65. The van der Waals surface area contributed by atoms with E-state index in [0.717, 1.165) is 4.31 Å². The summed E-state index contributed by atoms with van der Waals surface area (Å²) in [4.78, 5) is 12.9. The van der Waals surface area contributed by atoms with Crippen molar-refractivity contribution in [3.8, 4) is 11.5 Å². The molecule has 1 aliphatic rings. The van der Waals surface area contributed by atoms with Crippen LogP contribution in [0.15, 0.2) is 52.9 Å². The molecule has 1 aliphatic heterocycles. The maximum atomic E-state index is 13.4. The van der Waals surface area contributed by atoms with Gasteiger partial charge in [-0.1, -0.05) is 35.9 Å². The molecule has 4 rings (SSSR count). The minimum Gasteiger partial charge on any atom is -0.419 e. The largest absolute Gasteiger partial charge is 0.419 e. The quantitative estimate of drug-likeness (QED) is 0.622. The summed E-state index contributed by atoms with van der Waals surface area (Å²) < 4.78 is 47.7. The summed E-state index contributed by atoms with van der Waals surface area (Å²) in [6.45, 7) is 0. The van der Waals surface area contributed by atoms with Crippen molar-refractivity contribution >= 4 is 27.6 Å². The Labute approximate surface area is 183 Å². The monoisotopic (exact) mass is 464 g/mol. The number of Topliss-reactive ketones (excluding diaryl/α,β-unsaturated/α-hetero) is 1. The first-order valence-corrected chi connectivity index (χ1v) is 11.2. The number of ketones is 1. The van der Waals surface area contributed by atoms with Crippen molar-refractivity contribution in [1.29, 1.82) is 0 Å². The lowest BCUT2D eigenvalue weighted by Gasteiger charge is -2.34. The molecule has 2 unspecified atom stereocenters. The van der Waals surface area contributed by atoms with E-state index in [4.69, 9.17) is 16.0 Å². The molecule has 8 nitrogen and oxygen atoms in total. The first-order valence-electron chi connectivity index (χ1n) is 9.35. The van der Waals surface area contributed by atoms with E-state index in [-0.39, 0.29) is 35.4 Å². The summed E-state index contributed by atoms with van der Waals surface area (Å²) >= 11 is 5.78. The second-order valence-corrected chi connectivity index (χ2v) is 9.32. The summed E-state index contributed by atoms with van der Waals surface area (Å²) in [5.74, 6) is -0.635. The van der Waals surface area contributed by atoms with E-state index < -0.39 is 28.1 Å². The Balaban J connectivity index is 1.57. The number of benzene rings is 2. The zero-order chi connectivity index (χ0) is 22.2. The minimum atomic E-state index is -3.97. The van der Waals surface area contributed by atoms with Crippen LogP contribution in [0.1, 0.15) is 23.9 Å². The Morgan fingerprint density at radius 3 is 2.71 bits per heavy atom. The van der Waals surface area contributed by atoms with Crippen LogP contribution >= 0.6 is 11.6 Å². The van der Waals surface area contributed by atoms with Crippen molar-refractivity contribution in [3.63, 3.8) is 0 Å². The van der Waals surface area contributed by atoms with Crippen molar-refractivity contribution in [1.82, 2.24) is 19.2 Å². The molecule has 0 spiro atoms. The smallest absolute Gasteiger partial charge is 0.280 e. The second kappa shape index (κ2) is 8.46. The first kappa shape index (κ1) is 21.6. The Hall–Kier alpha value is -2.66. The van der Waals surface area contributed by atoms with Crippen LogP contribution in [0.25, 0.3) is 11.5 Å². The van der Waals surface area contributed by atoms with E-state index in [1.807, 2.05) is 18.2 Å². The van der Waals surface area contributed by atoms with Gasteiger partial charge in [0.15, 0.2) is 5.78 Å². The molecule has 11 heteroatoms. The van der Waals surface area contributed by atoms with E-state index in [1.54, 1.807) is 12.1 Å². The van der Waals surface area contributed by atoms with Gasteiger partial charge in [-0.3, -0.25) is 4.79 Å². The number of rotatable bonds is 5. The number of aromatic nitrogens is 2. The molecule has 1 fully saturated rings. The number of hydrogen-bond donors (Lipinski definition) is 1. The molecule has 0 bridgehead atoms. The topological polar surface area (TPSA) is 105 Å². The number of likely N-dealkylation sites (N-methyl/N-ethyl adjacent to an activating group) is 1. The molecule has 1 aromatic heterocycles. The van der Waals surface area contributed by atoms with Gasteiger partial charge in [-0.2, -0.15) is 17.4 Å². The molecule has 0 radical (unpaired) electrons. The van der Waals surface area contributed by atoms with Crippen LogP contribution in [0.5, 0.6) is 0 Å². The van der Waals surface area contributed by atoms with Crippen molar-refractivity contribution < 1.29 is 22.0 Å². The first-order chi connectivity index (χ1) is 14.7. The van der Waals surface area contributed by atoms with Crippen LogP contribution < -0.4 is 4.72 Å². The molecular formula is C20H18ClFN4O4S. The number of nitrogens with zero attached hydrogens (tertiary/aromatic N) is 3. The van der Waals surface area contributed by atoms with Crippen LogP contribution in [-0.4, -0.2) is 41.8 Å². The lowest BCUT2D eigenvalue weighted by Crippen LogP contribution is -2.55. The highest BCUT2D eigenvalue weighted by atomic mass is 35.5. The van der Waals surface area contributed by atoms with Gasteiger partial charge in [-0.25, -0.2) is 4.39 Å². The van der Waals surface area contributed by atoms with Crippen LogP contribution in [-0.2, 0) is 21.4 Å². The van der Waals surface area contributed by atoms with Gasteiger partial charge in [-0.05, 0) is 36.2 Å². The molecule has 1 saturated heterocycles. The fraction of sp³-hybridized carbons (Fsp3) is 0.250. The highest BCUT2D eigenvalue weighted by molar-refractivity contribution is 7.87. The van der Waals surface area contributed by atoms with Crippen LogP contribution in [0.3, 0.4) is 0 Å². The molecule has 2 atom stereocenters. The third-order valence-corrected chi connectivity index (χ3v) is 6.95. The molecule has 1 N–H and O–H groups in total. The fourth-order valence-electron chi connectivity index (χ4n) is 3.38. The molecular weight excluding hydrogens is 447 g/mol. The maximum absolute atomic E-state index is 13.4. The lowest BCUT2D eigenvalue weighted by molar-refractivity contribution is -0.122. The minimum absolute atomic E-state index is 0.0677. The van der Waals surface area contributed by atoms with Gasteiger partial charge in [0.2, 0.25) is 11.8 Å². The van der Waals surface area contributed by atoms with Crippen molar-refractivity contribution in [2.24, 2.45) is 0 Å². The van der Waals surface area contributed by atoms with E-state index in [2.05, 4.69) is 14.9 Å². The molecule has 31 heavy (non-hydrogen) atoms. The lowest BCUT2D eigenvalue weighted by atomic mass is 9.98. The number of hydrogen-bond acceptors (Lipinski definition) is 6. The average Bonchev–Trinajstić information content (AvgIpc) is 3.23. The van der Waals surface area contributed by atoms with Crippen LogP contribution in [0.2, 0.25) is 5.02 Å². The van der Waals surface area contributed by atoms with Gasteiger partial charge in [0.05, 0.1) is 11.1 Å². The zero-order valence-corrected chi connectivity index (χ0v) is 17.9. The standard InChI is InChI=1S/C20H18ClFN4O4S/c1-26-17(18(27)10-12-7-8-15(22)14(21)9-12)11-16(25-31(26,28)29)20-24-23-19(30-20)13-5-3-2-4-6-13/h2-9,16-17,25H,10-11H2,1H3. The van der Waals surface area contributed by atoms with Crippen LogP contribution in [0, 0.1) is 5.82 Å². The Morgan fingerprint density at radius 1 is 1.26 bits per heavy atom. The van der Waals surface area contributed by atoms with Crippen molar-refractivity contribution in [2.75, 3.05) is 7.05 Å². The Morgan fingerprint density at radius 2 is 2.00 bits per heavy atom. The SMILES string of the molecule is CN1C(C(=O)Cc2ccc(F)c(Cl)c2)CC(c2nnc(-c3ccccc3)o2)NS1(=O)=O. The predicted octanol–water partition coefficient (Wildman–Crippen LogP) is 2.92. The molecule has 2 heterocycles. The van der Waals surface area contributed by atoms with Crippen molar-refractivity contribution in [3.05, 3.63) is 70.8 Å². The molecule has 0 saturated carbocycles. The van der Waals surface area contributed by atoms with E-state index in [0.29, 0.717) is 11.1 Å². The van der Waals surface area contributed by atoms with Gasteiger partial charge < -0.3 is 4.42 Å². The van der Waals surface area contributed by atoms with Gasteiger partial charge >= 0.3 is 0 Å². The number of nitrogens with one attached hydrogen (secondary N) is 1. The predicted molar refractivity (Wildman–Crippen MR) is 111 cm³/mol. The van der Waals surface area contributed by atoms with Gasteiger partial charge in [0.25, 0.3) is 10.2 Å². The second-order valence-electron chi connectivity index (χ2n) is 7.15. The van der Waals surface area contributed by atoms with Crippen molar-refractivity contribution in [2.45, 2.75) is 24.9 Å². The zero-order valence-electron chi connectivity index (χ0n) is 16.3. The summed E-state index contributed by atoms with van der Waals surface area (Å²) in [6.07, 6.45) is -0.00371. The van der Waals surface area contributed by atoms with Gasteiger partial charge in [0.1, 0.15) is 11.9 Å². The highest BCUT2D eigenvalue weighted by Gasteiger charge is 2.42.